The lowest BCUT2D eigenvalue weighted by Gasteiger charge is -2.17. The number of rotatable bonds is 8. The highest BCUT2D eigenvalue weighted by molar-refractivity contribution is 7.99. The quantitative estimate of drug-likeness (QED) is 0.372. The maximum atomic E-state index is 10.8. The number of ether oxygens (including phenoxy) is 2. The number of hydrogen-bond acceptors (Lipinski definition) is 10. The van der Waals surface area contributed by atoms with Crippen molar-refractivity contribution in [1.82, 2.24) is 20.3 Å². The minimum Gasteiger partial charge on any atom is -0.497 e. The van der Waals surface area contributed by atoms with Crippen LogP contribution < -0.4 is 19.7 Å². The van der Waals surface area contributed by atoms with E-state index in [9.17, 15) is 10.1 Å². The monoisotopic (exact) mass is 484 g/mol. The van der Waals surface area contributed by atoms with Gasteiger partial charge < -0.3 is 29.8 Å². The minimum absolute atomic E-state index is 0.194. The maximum Gasteiger partial charge on any atom is 0.363 e. The summed E-state index contributed by atoms with van der Waals surface area (Å²) >= 11 is 1.35. The second kappa shape index (κ2) is 12.7. The molecule has 0 amide bonds. The number of methoxy groups -OCH3 is 1. The Kier molecular flexibility index (Phi) is 9.41. The summed E-state index contributed by atoms with van der Waals surface area (Å²) in [6.45, 7) is 2.19. The molecule has 34 heavy (non-hydrogen) atoms. The Morgan fingerprint density at radius 2 is 1.79 bits per heavy atom. The molecule has 0 atom stereocenters. The average molecular weight is 485 g/mol. The van der Waals surface area contributed by atoms with Crippen molar-refractivity contribution in [1.29, 1.82) is 0 Å². The van der Waals surface area contributed by atoms with Crippen LogP contribution in [-0.2, 0) is 6.61 Å². The van der Waals surface area contributed by atoms with Gasteiger partial charge in [-0.1, -0.05) is 23.9 Å². The predicted molar refractivity (Wildman–Crippen MR) is 131 cm³/mol. The summed E-state index contributed by atoms with van der Waals surface area (Å²) in [7, 11) is 5.38. The van der Waals surface area contributed by atoms with Crippen molar-refractivity contribution < 1.29 is 14.4 Å². The van der Waals surface area contributed by atoms with Gasteiger partial charge in [0.25, 0.3) is 0 Å². The van der Waals surface area contributed by atoms with Gasteiger partial charge in [0.1, 0.15) is 12.4 Å². The van der Waals surface area contributed by atoms with Crippen LogP contribution in [0.25, 0.3) is 0 Å². The van der Waals surface area contributed by atoms with Gasteiger partial charge in [0, 0.05) is 19.2 Å². The van der Waals surface area contributed by atoms with E-state index in [1.807, 2.05) is 38.4 Å². The van der Waals surface area contributed by atoms with Crippen LogP contribution in [0.5, 0.6) is 11.6 Å². The third kappa shape index (κ3) is 7.03. The van der Waals surface area contributed by atoms with Crippen LogP contribution in [0.4, 0.5) is 11.8 Å². The third-order valence-corrected chi connectivity index (χ3v) is 5.75. The van der Waals surface area contributed by atoms with Crippen LogP contribution in [0.2, 0.25) is 0 Å². The average Bonchev–Trinajstić information content (AvgIpc) is 3.40. The molecule has 2 aromatic heterocycles. The summed E-state index contributed by atoms with van der Waals surface area (Å²) in [4.78, 5) is 26.9. The van der Waals surface area contributed by atoms with Crippen molar-refractivity contribution in [3.8, 4) is 11.6 Å². The maximum absolute atomic E-state index is 10.8. The van der Waals surface area contributed by atoms with Crippen molar-refractivity contribution in [2.45, 2.75) is 29.2 Å². The number of nitrogens with zero attached hydrogens (tertiary/aromatic N) is 5. The summed E-state index contributed by atoms with van der Waals surface area (Å²) in [5, 5.41) is 13.6. The van der Waals surface area contributed by atoms with E-state index in [2.05, 4.69) is 25.2 Å². The molecular weight excluding hydrogens is 456 g/mol. The zero-order chi connectivity index (χ0) is 24.3. The van der Waals surface area contributed by atoms with Crippen molar-refractivity contribution >= 4 is 23.5 Å². The van der Waals surface area contributed by atoms with E-state index in [1.54, 1.807) is 19.4 Å². The van der Waals surface area contributed by atoms with Gasteiger partial charge in [-0.3, -0.25) is 0 Å². The Morgan fingerprint density at radius 3 is 2.38 bits per heavy atom. The van der Waals surface area contributed by atoms with Crippen LogP contribution in [0, 0.1) is 10.1 Å². The molecule has 180 valence electrons. The van der Waals surface area contributed by atoms with Crippen molar-refractivity contribution in [3.05, 3.63) is 64.5 Å². The molecule has 0 aliphatic carbocycles. The van der Waals surface area contributed by atoms with Crippen LogP contribution in [0.1, 0.15) is 18.4 Å². The summed E-state index contributed by atoms with van der Waals surface area (Å²) in [5.41, 5.74) is 0.982. The first-order chi connectivity index (χ1) is 16.5. The molecule has 4 rings (SSSR count). The lowest BCUT2D eigenvalue weighted by atomic mass is 10.2. The standard InChI is InChI=1S/C21H21N5O4S.C2H7N/c1-29-16-6-4-15(5-7-16)14-30-20-18(13-23-21(24-20)25-10-2-3-11-25)31-17-8-9-19(22-12-17)26(27)28;1-3-2/h4-9,12-13H,2-3,10-11,14H2,1H3;3H,1-2H3. The van der Waals surface area contributed by atoms with E-state index >= 15 is 0 Å². The fourth-order valence-electron chi connectivity index (χ4n) is 3.13. The van der Waals surface area contributed by atoms with Gasteiger partial charge >= 0.3 is 5.82 Å². The van der Waals surface area contributed by atoms with Gasteiger partial charge in [-0.25, -0.2) is 4.98 Å². The molecule has 10 nitrogen and oxygen atoms in total. The molecular formula is C23H28N6O4S. The van der Waals surface area contributed by atoms with Gasteiger partial charge in [0.2, 0.25) is 11.8 Å². The number of hydrogen-bond donors (Lipinski definition) is 1. The smallest absolute Gasteiger partial charge is 0.363 e. The first kappa shape index (κ1) is 25.2. The van der Waals surface area contributed by atoms with Gasteiger partial charge in [-0.15, -0.1) is 0 Å². The molecule has 3 heterocycles. The molecule has 0 radical (unpaired) electrons. The van der Waals surface area contributed by atoms with Crippen LogP contribution in [0.3, 0.4) is 0 Å². The van der Waals surface area contributed by atoms with E-state index in [1.165, 1.54) is 24.0 Å². The van der Waals surface area contributed by atoms with Crippen LogP contribution in [0.15, 0.2) is 58.6 Å². The van der Waals surface area contributed by atoms with E-state index < -0.39 is 4.92 Å². The predicted octanol–water partition coefficient (Wildman–Crippen LogP) is 3.95. The Bertz CT molecular complexity index is 1060. The van der Waals surface area contributed by atoms with Crippen molar-refractivity contribution in [2.24, 2.45) is 0 Å². The lowest BCUT2D eigenvalue weighted by molar-refractivity contribution is -0.389. The second-order valence-electron chi connectivity index (χ2n) is 7.38. The van der Waals surface area contributed by atoms with Gasteiger partial charge in [-0.2, -0.15) is 4.98 Å². The van der Waals surface area contributed by atoms with Gasteiger partial charge in [-0.05, 0) is 60.6 Å². The summed E-state index contributed by atoms with van der Waals surface area (Å²) in [6, 6.07) is 10.7. The molecule has 1 aliphatic rings. The first-order valence-corrected chi connectivity index (χ1v) is 11.6. The molecule has 11 heteroatoms. The number of anilines is 1. The minimum atomic E-state index is -0.522. The van der Waals surface area contributed by atoms with Crippen molar-refractivity contribution in [2.75, 3.05) is 39.2 Å². The molecule has 1 saturated heterocycles. The molecule has 1 fully saturated rings. The van der Waals surface area contributed by atoms with E-state index in [4.69, 9.17) is 9.47 Å². The number of nitrogens with one attached hydrogen (secondary N) is 1. The molecule has 1 aromatic carbocycles. The fraction of sp³-hybridized carbons (Fsp3) is 0.348. The molecule has 1 aliphatic heterocycles. The van der Waals surface area contributed by atoms with E-state index in [-0.39, 0.29) is 5.82 Å². The largest absolute Gasteiger partial charge is 0.497 e. The first-order valence-electron chi connectivity index (χ1n) is 10.8. The van der Waals surface area contributed by atoms with Crippen LogP contribution >= 0.6 is 11.8 Å². The topological polar surface area (TPSA) is 116 Å². The number of benzene rings is 1. The highest BCUT2D eigenvalue weighted by Crippen LogP contribution is 2.35. The SMILES string of the molecule is CNC.COc1ccc(COc2nc(N3CCCC3)ncc2Sc2ccc([N+](=O)[O-])nc2)cc1. The highest BCUT2D eigenvalue weighted by Gasteiger charge is 2.19. The number of aromatic nitrogens is 3. The summed E-state index contributed by atoms with van der Waals surface area (Å²) in [5.74, 6) is 1.70. The molecule has 0 bridgehead atoms. The molecule has 0 spiro atoms. The highest BCUT2D eigenvalue weighted by atomic mass is 32.2. The number of nitro groups is 1. The number of pyridine rings is 1. The van der Waals surface area contributed by atoms with Gasteiger partial charge in [0.15, 0.2) is 6.20 Å². The zero-order valence-corrected chi connectivity index (χ0v) is 20.2. The zero-order valence-electron chi connectivity index (χ0n) is 19.4. The second-order valence-corrected chi connectivity index (χ2v) is 8.50. The molecule has 0 saturated carbocycles. The molecule has 3 aromatic rings. The lowest BCUT2D eigenvalue weighted by Crippen LogP contribution is -2.20. The Labute approximate surface area is 202 Å². The summed E-state index contributed by atoms with van der Waals surface area (Å²) in [6.07, 6.45) is 5.44. The van der Waals surface area contributed by atoms with Crippen molar-refractivity contribution in [3.63, 3.8) is 0 Å². The fourth-order valence-corrected chi connectivity index (χ4v) is 3.92. The molecule has 1 N–H and O–H groups in total. The Morgan fingerprint density at radius 1 is 1.09 bits per heavy atom. The Hall–Kier alpha value is -3.44. The molecule has 0 unspecified atom stereocenters. The third-order valence-electron chi connectivity index (χ3n) is 4.77. The summed E-state index contributed by atoms with van der Waals surface area (Å²) < 4.78 is 11.3. The van der Waals surface area contributed by atoms with E-state index in [0.717, 1.165) is 42.1 Å². The van der Waals surface area contributed by atoms with E-state index in [0.29, 0.717) is 23.3 Å². The van der Waals surface area contributed by atoms with Gasteiger partial charge in [0.05, 0.1) is 23.1 Å². The normalized spacial score (nSPS) is 12.6. The Balaban J connectivity index is 0.00000103. The van der Waals surface area contributed by atoms with Crippen LogP contribution in [-0.4, -0.2) is 54.2 Å².